The van der Waals surface area contributed by atoms with Crippen LogP contribution in [0.2, 0.25) is 0 Å². The number of aromatic nitrogens is 2. The van der Waals surface area contributed by atoms with E-state index in [0.29, 0.717) is 23.3 Å². The first kappa shape index (κ1) is 23.2. The molecule has 3 heterocycles. The second-order valence-electron chi connectivity index (χ2n) is 8.49. The Balaban J connectivity index is 1.54. The number of nitrogens with zero attached hydrogens (tertiary/aromatic N) is 2. The maximum Gasteiger partial charge on any atom is 0.295 e. The number of aromatic amines is 1. The van der Waals surface area contributed by atoms with E-state index in [4.69, 9.17) is 9.47 Å². The van der Waals surface area contributed by atoms with Gasteiger partial charge in [0.2, 0.25) is 0 Å². The van der Waals surface area contributed by atoms with Crippen molar-refractivity contribution in [2.75, 3.05) is 20.8 Å². The average molecular weight is 484 g/mol. The van der Waals surface area contributed by atoms with E-state index >= 15 is 0 Å². The highest BCUT2D eigenvalue weighted by Gasteiger charge is 2.46. The number of benzene rings is 2. The predicted octanol–water partition coefficient (Wildman–Crippen LogP) is 4.24. The number of fused-ring (bicyclic) bond motifs is 1. The van der Waals surface area contributed by atoms with Gasteiger partial charge in [-0.2, -0.15) is 0 Å². The van der Waals surface area contributed by atoms with Gasteiger partial charge in [0.15, 0.2) is 0 Å². The second-order valence-corrected chi connectivity index (χ2v) is 8.49. The molecule has 8 heteroatoms. The van der Waals surface area contributed by atoms with Gasteiger partial charge in [-0.15, -0.1) is 0 Å². The number of hydrogen-bond acceptors (Lipinski definition) is 6. The first-order valence-corrected chi connectivity index (χ1v) is 11.5. The van der Waals surface area contributed by atoms with Crippen LogP contribution >= 0.6 is 0 Å². The molecule has 4 aromatic rings. The van der Waals surface area contributed by atoms with E-state index in [1.54, 1.807) is 55.9 Å². The number of aliphatic hydroxyl groups is 1. The SMILES string of the molecule is COc1cccc(C(O)=C2C(=O)C(=O)N(CCc3c[nH]c4ccc(OC)cc34)[C@H]2c2cccnc2)c1. The lowest BCUT2D eigenvalue weighted by atomic mass is 9.96. The summed E-state index contributed by atoms with van der Waals surface area (Å²) in [6.45, 7) is 0.267. The molecule has 2 N–H and O–H groups in total. The summed E-state index contributed by atoms with van der Waals surface area (Å²) in [5.74, 6) is -0.380. The molecule has 5 rings (SSSR count). The van der Waals surface area contributed by atoms with Crippen LogP contribution in [-0.4, -0.2) is 52.4 Å². The number of amides is 1. The molecule has 182 valence electrons. The Morgan fingerprint density at radius 3 is 2.61 bits per heavy atom. The molecule has 1 saturated heterocycles. The molecule has 0 bridgehead atoms. The molecule has 0 unspecified atom stereocenters. The van der Waals surface area contributed by atoms with Gasteiger partial charge < -0.3 is 24.5 Å². The summed E-state index contributed by atoms with van der Waals surface area (Å²) in [4.78, 5) is 35.4. The zero-order chi connectivity index (χ0) is 25.2. The Hall–Kier alpha value is -4.59. The van der Waals surface area contributed by atoms with Crippen LogP contribution in [0.1, 0.15) is 22.7 Å². The lowest BCUT2D eigenvalue weighted by Crippen LogP contribution is -2.31. The van der Waals surface area contributed by atoms with Crippen LogP contribution < -0.4 is 9.47 Å². The van der Waals surface area contributed by atoms with E-state index in [2.05, 4.69) is 9.97 Å². The van der Waals surface area contributed by atoms with Crippen LogP contribution in [0.25, 0.3) is 16.7 Å². The number of ether oxygens (including phenoxy) is 2. The molecule has 0 spiro atoms. The fourth-order valence-electron chi connectivity index (χ4n) is 4.65. The summed E-state index contributed by atoms with van der Waals surface area (Å²) in [7, 11) is 3.14. The van der Waals surface area contributed by atoms with Crippen LogP contribution in [0.15, 0.2) is 78.8 Å². The number of pyridine rings is 1. The zero-order valence-corrected chi connectivity index (χ0v) is 19.9. The van der Waals surface area contributed by atoms with Crippen LogP contribution in [0, 0.1) is 0 Å². The van der Waals surface area contributed by atoms with Crippen molar-refractivity contribution in [2.45, 2.75) is 12.5 Å². The number of aliphatic hydroxyl groups excluding tert-OH is 1. The molecule has 0 saturated carbocycles. The van der Waals surface area contributed by atoms with Crippen molar-refractivity contribution in [3.05, 3.63) is 95.5 Å². The molecular weight excluding hydrogens is 458 g/mol. The standard InChI is InChI=1S/C28H25N3O5/c1-35-20-7-3-5-17(13-20)26(32)24-25(19-6-4-11-29-15-19)31(28(34)27(24)33)12-10-18-16-30-23-9-8-21(36-2)14-22(18)23/h3-9,11,13-16,25,30,32H,10,12H2,1-2H3/t25-/m0/s1. The Labute approximate surface area is 207 Å². The molecule has 1 atom stereocenters. The van der Waals surface area contributed by atoms with E-state index in [-0.39, 0.29) is 17.9 Å². The highest BCUT2D eigenvalue weighted by atomic mass is 16.5. The van der Waals surface area contributed by atoms with Crippen molar-refractivity contribution in [3.8, 4) is 11.5 Å². The minimum absolute atomic E-state index is 0.0295. The zero-order valence-electron chi connectivity index (χ0n) is 19.9. The fourth-order valence-corrected chi connectivity index (χ4v) is 4.65. The summed E-state index contributed by atoms with van der Waals surface area (Å²) in [6.07, 6.45) is 5.63. The molecule has 8 nitrogen and oxygen atoms in total. The fraction of sp³-hybridized carbons (Fsp3) is 0.179. The molecule has 1 fully saturated rings. The minimum Gasteiger partial charge on any atom is -0.507 e. The van der Waals surface area contributed by atoms with Crippen molar-refractivity contribution in [3.63, 3.8) is 0 Å². The van der Waals surface area contributed by atoms with E-state index in [0.717, 1.165) is 22.2 Å². The van der Waals surface area contributed by atoms with Crippen LogP contribution in [0.4, 0.5) is 0 Å². The molecule has 2 aromatic heterocycles. The van der Waals surface area contributed by atoms with Crippen LogP contribution in [0.5, 0.6) is 11.5 Å². The third kappa shape index (κ3) is 4.07. The average Bonchev–Trinajstić information content (AvgIpc) is 3.44. The normalized spacial score (nSPS) is 17.1. The summed E-state index contributed by atoms with van der Waals surface area (Å²) >= 11 is 0. The Bertz CT molecular complexity index is 1480. The molecule has 36 heavy (non-hydrogen) atoms. The number of hydrogen-bond donors (Lipinski definition) is 2. The van der Waals surface area contributed by atoms with Gasteiger partial charge in [0, 0.05) is 41.6 Å². The van der Waals surface area contributed by atoms with Crippen molar-refractivity contribution < 1.29 is 24.2 Å². The van der Waals surface area contributed by atoms with Crippen molar-refractivity contribution in [1.29, 1.82) is 0 Å². The first-order valence-electron chi connectivity index (χ1n) is 11.5. The summed E-state index contributed by atoms with van der Waals surface area (Å²) in [6, 6.07) is 15.3. The maximum atomic E-state index is 13.2. The maximum absolute atomic E-state index is 13.2. The summed E-state index contributed by atoms with van der Waals surface area (Å²) in [5, 5.41) is 12.2. The number of Topliss-reactive ketones (excluding diaryl/α,β-unsaturated/α-hetero) is 1. The monoisotopic (exact) mass is 483 g/mol. The number of nitrogens with one attached hydrogen (secondary N) is 1. The number of likely N-dealkylation sites (tertiary alicyclic amines) is 1. The van der Waals surface area contributed by atoms with Crippen molar-refractivity contribution in [2.24, 2.45) is 0 Å². The van der Waals surface area contributed by atoms with E-state index in [1.165, 1.54) is 12.0 Å². The number of carbonyl (C=O) groups excluding carboxylic acids is 2. The minimum atomic E-state index is -0.773. The topological polar surface area (TPSA) is 105 Å². The number of rotatable bonds is 7. The Kier molecular flexibility index (Phi) is 6.16. The third-order valence-corrected chi connectivity index (χ3v) is 6.48. The predicted molar refractivity (Wildman–Crippen MR) is 135 cm³/mol. The van der Waals surface area contributed by atoms with Gasteiger partial charge in [0.1, 0.15) is 17.3 Å². The van der Waals surface area contributed by atoms with Gasteiger partial charge in [-0.25, -0.2) is 0 Å². The van der Waals surface area contributed by atoms with Gasteiger partial charge in [0.25, 0.3) is 11.7 Å². The molecule has 0 aliphatic carbocycles. The summed E-state index contributed by atoms with van der Waals surface area (Å²) in [5.41, 5.74) is 3.01. The molecule has 1 amide bonds. The lowest BCUT2D eigenvalue weighted by Gasteiger charge is -2.25. The largest absolute Gasteiger partial charge is 0.507 e. The number of methoxy groups -OCH3 is 2. The van der Waals surface area contributed by atoms with Crippen molar-refractivity contribution >= 4 is 28.4 Å². The summed E-state index contributed by atoms with van der Waals surface area (Å²) < 4.78 is 10.6. The van der Waals surface area contributed by atoms with Crippen LogP contribution in [0.3, 0.4) is 0 Å². The number of carbonyl (C=O) groups is 2. The van der Waals surface area contributed by atoms with E-state index < -0.39 is 17.7 Å². The molecule has 1 aliphatic heterocycles. The van der Waals surface area contributed by atoms with E-state index in [9.17, 15) is 14.7 Å². The quantitative estimate of drug-likeness (QED) is 0.231. The first-order chi connectivity index (χ1) is 17.5. The number of H-pyrrole nitrogens is 1. The second kappa shape index (κ2) is 9.58. The van der Waals surface area contributed by atoms with Gasteiger partial charge in [-0.1, -0.05) is 18.2 Å². The molecular formula is C28H25N3O5. The van der Waals surface area contributed by atoms with E-state index in [1.807, 2.05) is 24.4 Å². The third-order valence-electron chi connectivity index (χ3n) is 6.48. The van der Waals surface area contributed by atoms with Gasteiger partial charge in [0.05, 0.1) is 25.8 Å². The molecule has 2 aromatic carbocycles. The Morgan fingerprint density at radius 2 is 1.86 bits per heavy atom. The molecule has 1 aliphatic rings. The Morgan fingerprint density at radius 1 is 1.06 bits per heavy atom. The highest BCUT2D eigenvalue weighted by molar-refractivity contribution is 6.46. The van der Waals surface area contributed by atoms with Crippen LogP contribution in [-0.2, 0) is 16.0 Å². The number of ketones is 1. The molecule has 0 radical (unpaired) electrons. The smallest absolute Gasteiger partial charge is 0.295 e. The van der Waals surface area contributed by atoms with Gasteiger partial charge >= 0.3 is 0 Å². The lowest BCUT2D eigenvalue weighted by molar-refractivity contribution is -0.139. The highest BCUT2D eigenvalue weighted by Crippen LogP contribution is 2.39. The van der Waals surface area contributed by atoms with Gasteiger partial charge in [-0.05, 0) is 53.9 Å². The van der Waals surface area contributed by atoms with Gasteiger partial charge in [-0.3, -0.25) is 14.6 Å². The van der Waals surface area contributed by atoms with Crippen molar-refractivity contribution in [1.82, 2.24) is 14.9 Å².